The molecule has 0 aliphatic heterocycles. The molecule has 110 valence electrons. The molecule has 0 fully saturated rings. The normalized spacial score (nSPS) is 18.3. The molecule has 0 spiro atoms. The lowest BCUT2D eigenvalue weighted by Crippen LogP contribution is -2.50. The van der Waals surface area contributed by atoms with Gasteiger partial charge in [0, 0.05) is 37.9 Å². The summed E-state index contributed by atoms with van der Waals surface area (Å²) in [5.41, 5.74) is 0. The summed E-state index contributed by atoms with van der Waals surface area (Å²) in [6.07, 6.45) is -5.21. The van der Waals surface area contributed by atoms with Crippen LogP contribution in [0.3, 0.4) is 0 Å². The minimum Gasteiger partial charge on any atom is -0.389 e. The van der Waals surface area contributed by atoms with Gasteiger partial charge >= 0.3 is 0 Å². The predicted octanol–water partition coefficient (Wildman–Crippen LogP) is -1.91. The summed E-state index contributed by atoms with van der Waals surface area (Å²) in [6, 6.07) is 0. The van der Waals surface area contributed by atoms with Crippen molar-refractivity contribution in [2.45, 2.75) is 24.4 Å². The minimum atomic E-state index is -1.43. The number of hydrogen-bond donors (Lipinski definition) is 6. The quantitative estimate of drug-likeness (QED) is 0.197. The van der Waals surface area contributed by atoms with Crippen LogP contribution < -0.4 is 10.6 Å². The molecule has 0 aromatic carbocycles. The monoisotopic (exact) mass is 304 g/mol. The summed E-state index contributed by atoms with van der Waals surface area (Å²) < 4.78 is 0. The fourth-order valence-corrected chi connectivity index (χ4v) is 1.60. The summed E-state index contributed by atoms with van der Waals surface area (Å²) in [5.74, 6) is 0.771. The third kappa shape index (κ3) is 7.70. The first-order valence-corrected chi connectivity index (χ1v) is 6.87. The van der Waals surface area contributed by atoms with Crippen LogP contribution in [0, 0.1) is 0 Å². The van der Waals surface area contributed by atoms with E-state index in [9.17, 15) is 20.4 Å². The van der Waals surface area contributed by atoms with Crippen LogP contribution in [0.5, 0.6) is 0 Å². The number of aliphatic hydroxyl groups excluding tert-OH is 4. The lowest BCUT2D eigenvalue weighted by Gasteiger charge is -2.26. The van der Waals surface area contributed by atoms with Gasteiger partial charge in [-0.15, -0.1) is 23.2 Å². The second-order valence-electron chi connectivity index (χ2n) is 3.90. The summed E-state index contributed by atoms with van der Waals surface area (Å²) in [5, 5.41) is 44.0. The van der Waals surface area contributed by atoms with Gasteiger partial charge in [0.15, 0.2) is 0 Å². The van der Waals surface area contributed by atoms with Gasteiger partial charge in [0.2, 0.25) is 0 Å². The van der Waals surface area contributed by atoms with Crippen LogP contribution in [0.15, 0.2) is 0 Å². The Labute approximate surface area is 117 Å². The van der Waals surface area contributed by atoms with Crippen LogP contribution in [0.2, 0.25) is 0 Å². The third-order valence-corrected chi connectivity index (χ3v) is 2.77. The zero-order chi connectivity index (χ0) is 14.0. The van der Waals surface area contributed by atoms with Gasteiger partial charge in [0.05, 0.1) is 12.2 Å². The second kappa shape index (κ2) is 11.2. The number of rotatable bonds is 11. The van der Waals surface area contributed by atoms with Gasteiger partial charge in [0.1, 0.15) is 12.2 Å². The second-order valence-corrected chi connectivity index (χ2v) is 4.66. The van der Waals surface area contributed by atoms with Gasteiger partial charge in [-0.05, 0) is 0 Å². The Morgan fingerprint density at radius 1 is 0.722 bits per heavy atom. The van der Waals surface area contributed by atoms with Crippen molar-refractivity contribution in [1.82, 2.24) is 10.6 Å². The SMILES string of the molecule is O[C@H]([C@H](O)[C@H](O)CNCCCl)[C@@H](O)CNCCCl. The molecule has 8 heteroatoms. The summed E-state index contributed by atoms with van der Waals surface area (Å²) >= 11 is 10.9. The summed E-state index contributed by atoms with van der Waals surface area (Å²) in [7, 11) is 0. The van der Waals surface area contributed by atoms with Gasteiger partial charge in [-0.3, -0.25) is 0 Å². The van der Waals surface area contributed by atoms with Gasteiger partial charge in [-0.1, -0.05) is 0 Å². The first-order valence-electron chi connectivity index (χ1n) is 5.80. The van der Waals surface area contributed by atoms with Crippen molar-refractivity contribution >= 4 is 23.2 Å². The lowest BCUT2D eigenvalue weighted by molar-refractivity contribution is -0.102. The number of halogens is 2. The van der Waals surface area contributed by atoms with E-state index in [1.54, 1.807) is 0 Å². The zero-order valence-corrected chi connectivity index (χ0v) is 11.6. The van der Waals surface area contributed by atoms with Crippen molar-refractivity contribution in [2.24, 2.45) is 0 Å². The molecule has 0 aromatic rings. The first-order chi connectivity index (χ1) is 8.54. The Bertz CT molecular complexity index is 183. The van der Waals surface area contributed by atoms with Crippen LogP contribution in [0.25, 0.3) is 0 Å². The molecule has 0 saturated heterocycles. The smallest absolute Gasteiger partial charge is 0.110 e. The average molecular weight is 305 g/mol. The molecule has 0 rings (SSSR count). The molecule has 4 atom stereocenters. The molecule has 0 aliphatic carbocycles. The van der Waals surface area contributed by atoms with E-state index in [-0.39, 0.29) is 13.1 Å². The summed E-state index contributed by atoms with van der Waals surface area (Å²) in [6.45, 7) is 1.15. The standard InChI is InChI=1S/C10H22Cl2N2O4/c11-1-3-13-5-7(15)9(17)10(18)8(16)6-14-4-2-12/h7-10,13-18H,1-6H2/t7-,8+,9-,10+. The van der Waals surface area contributed by atoms with Crippen LogP contribution in [0.4, 0.5) is 0 Å². The Balaban J connectivity index is 3.93. The van der Waals surface area contributed by atoms with E-state index in [0.29, 0.717) is 24.8 Å². The number of hydrogen-bond acceptors (Lipinski definition) is 6. The molecule has 0 aliphatic rings. The maximum absolute atomic E-state index is 9.63. The highest BCUT2D eigenvalue weighted by Crippen LogP contribution is 2.04. The summed E-state index contributed by atoms with van der Waals surface area (Å²) in [4.78, 5) is 0. The van der Waals surface area contributed by atoms with Crippen molar-refractivity contribution in [2.75, 3.05) is 37.9 Å². The van der Waals surface area contributed by atoms with E-state index >= 15 is 0 Å². The van der Waals surface area contributed by atoms with E-state index in [4.69, 9.17) is 23.2 Å². The van der Waals surface area contributed by atoms with Crippen molar-refractivity contribution < 1.29 is 20.4 Å². The third-order valence-electron chi connectivity index (χ3n) is 2.39. The maximum atomic E-state index is 9.63. The predicted molar refractivity (Wildman–Crippen MR) is 71.2 cm³/mol. The van der Waals surface area contributed by atoms with E-state index in [0.717, 1.165) is 0 Å². The maximum Gasteiger partial charge on any atom is 0.110 e. The Morgan fingerprint density at radius 2 is 1.06 bits per heavy atom. The fourth-order valence-electron chi connectivity index (χ4n) is 1.33. The van der Waals surface area contributed by atoms with E-state index in [1.165, 1.54) is 0 Å². The molecule has 0 amide bonds. The van der Waals surface area contributed by atoms with Crippen LogP contribution in [-0.4, -0.2) is 82.8 Å². The molecule has 6 nitrogen and oxygen atoms in total. The molecule has 0 heterocycles. The topological polar surface area (TPSA) is 105 Å². The zero-order valence-electron chi connectivity index (χ0n) is 10.1. The van der Waals surface area contributed by atoms with Gasteiger partial charge < -0.3 is 31.1 Å². The highest BCUT2D eigenvalue weighted by molar-refractivity contribution is 6.18. The highest BCUT2D eigenvalue weighted by atomic mass is 35.5. The Hall–Kier alpha value is 0.340. The Morgan fingerprint density at radius 3 is 1.33 bits per heavy atom. The molecule has 0 radical (unpaired) electrons. The van der Waals surface area contributed by atoms with E-state index in [1.807, 2.05) is 0 Å². The first kappa shape index (κ1) is 18.3. The molecule has 0 unspecified atom stereocenters. The number of alkyl halides is 2. The van der Waals surface area contributed by atoms with Crippen molar-refractivity contribution in [3.8, 4) is 0 Å². The fraction of sp³-hybridized carbons (Fsp3) is 1.00. The van der Waals surface area contributed by atoms with Crippen LogP contribution in [0.1, 0.15) is 0 Å². The molecular weight excluding hydrogens is 283 g/mol. The van der Waals surface area contributed by atoms with Crippen LogP contribution >= 0.6 is 23.2 Å². The highest BCUT2D eigenvalue weighted by Gasteiger charge is 2.29. The lowest BCUT2D eigenvalue weighted by atomic mass is 10.0. The largest absolute Gasteiger partial charge is 0.389 e. The van der Waals surface area contributed by atoms with Gasteiger partial charge in [-0.25, -0.2) is 0 Å². The molecule has 18 heavy (non-hydrogen) atoms. The minimum absolute atomic E-state index is 0.0901. The van der Waals surface area contributed by atoms with Gasteiger partial charge in [0.25, 0.3) is 0 Å². The Kier molecular flexibility index (Phi) is 11.4. The average Bonchev–Trinajstić information content (AvgIpc) is 2.37. The van der Waals surface area contributed by atoms with E-state index in [2.05, 4.69) is 10.6 Å². The van der Waals surface area contributed by atoms with Crippen molar-refractivity contribution in [3.05, 3.63) is 0 Å². The molecule has 0 saturated carbocycles. The molecule has 0 bridgehead atoms. The number of nitrogens with one attached hydrogen (secondary N) is 2. The van der Waals surface area contributed by atoms with Crippen LogP contribution in [-0.2, 0) is 0 Å². The molecular formula is C10H22Cl2N2O4. The molecule has 0 aromatic heterocycles. The van der Waals surface area contributed by atoms with Gasteiger partial charge in [-0.2, -0.15) is 0 Å². The van der Waals surface area contributed by atoms with Crippen molar-refractivity contribution in [1.29, 1.82) is 0 Å². The van der Waals surface area contributed by atoms with Crippen molar-refractivity contribution in [3.63, 3.8) is 0 Å². The molecule has 6 N–H and O–H groups in total. The van der Waals surface area contributed by atoms with E-state index < -0.39 is 24.4 Å². The number of aliphatic hydroxyl groups is 4.